The van der Waals surface area contributed by atoms with E-state index in [1.54, 1.807) is 24.1 Å². The number of hydrogen-bond donors (Lipinski definition) is 2. The second-order valence-electron chi connectivity index (χ2n) is 8.75. The Kier molecular flexibility index (Phi) is 6.78. The maximum absolute atomic E-state index is 14.7. The van der Waals surface area contributed by atoms with Gasteiger partial charge in [-0.15, -0.1) is 0 Å². The van der Waals surface area contributed by atoms with Gasteiger partial charge in [0.2, 0.25) is 11.9 Å². The number of pyridine rings is 2. The van der Waals surface area contributed by atoms with Crippen LogP contribution in [-0.4, -0.2) is 75.0 Å². The Morgan fingerprint density at radius 1 is 1.19 bits per heavy atom. The van der Waals surface area contributed by atoms with Gasteiger partial charge >= 0.3 is 6.09 Å². The van der Waals surface area contributed by atoms with Crippen molar-refractivity contribution in [2.45, 2.75) is 13.5 Å². The van der Waals surface area contributed by atoms with Crippen molar-refractivity contribution < 1.29 is 18.7 Å². The number of anilines is 1. The number of amides is 2. The van der Waals surface area contributed by atoms with Crippen molar-refractivity contribution in [1.82, 2.24) is 29.7 Å². The number of likely N-dealkylation sites (N-methyl/N-ethyl adjacent to an activating group) is 1. The fourth-order valence-corrected chi connectivity index (χ4v) is 4.23. The molecule has 190 valence electrons. The molecule has 4 heterocycles. The van der Waals surface area contributed by atoms with E-state index in [1.807, 2.05) is 25.2 Å². The van der Waals surface area contributed by atoms with Gasteiger partial charge in [0.05, 0.1) is 24.4 Å². The number of ether oxygens (including phenoxy) is 1. The van der Waals surface area contributed by atoms with Crippen LogP contribution in [-0.2, 0) is 16.1 Å². The van der Waals surface area contributed by atoms with E-state index in [1.165, 1.54) is 18.3 Å². The van der Waals surface area contributed by atoms with Crippen LogP contribution in [0.5, 0.6) is 0 Å². The summed E-state index contributed by atoms with van der Waals surface area (Å²) >= 11 is 0. The van der Waals surface area contributed by atoms with Gasteiger partial charge in [0.25, 0.3) is 0 Å². The van der Waals surface area contributed by atoms with Gasteiger partial charge in [-0.25, -0.2) is 14.2 Å². The van der Waals surface area contributed by atoms with Crippen molar-refractivity contribution >= 4 is 29.0 Å². The van der Waals surface area contributed by atoms with Crippen LogP contribution in [0.4, 0.5) is 15.1 Å². The minimum absolute atomic E-state index is 0.0989. The lowest BCUT2D eigenvalue weighted by Gasteiger charge is -2.31. The molecular weight excluding hydrogens is 477 g/mol. The molecule has 1 aliphatic rings. The first-order valence-corrected chi connectivity index (χ1v) is 11.9. The second kappa shape index (κ2) is 10.3. The van der Waals surface area contributed by atoms with Gasteiger partial charge in [0, 0.05) is 50.2 Å². The highest BCUT2D eigenvalue weighted by atomic mass is 19.1. The van der Waals surface area contributed by atoms with E-state index in [0.717, 1.165) is 23.4 Å². The molecule has 1 saturated heterocycles. The van der Waals surface area contributed by atoms with Crippen LogP contribution in [0.1, 0.15) is 12.6 Å². The molecule has 0 bridgehead atoms. The molecule has 1 fully saturated rings. The first kappa shape index (κ1) is 24.3. The summed E-state index contributed by atoms with van der Waals surface area (Å²) in [7, 11) is 1.81. The molecule has 1 aromatic carbocycles. The number of nitrogens with zero attached hydrogens (tertiary/aromatic N) is 5. The van der Waals surface area contributed by atoms with Gasteiger partial charge < -0.3 is 14.6 Å². The molecule has 3 aromatic heterocycles. The van der Waals surface area contributed by atoms with Gasteiger partial charge in [-0.2, -0.15) is 0 Å². The van der Waals surface area contributed by atoms with Gasteiger partial charge in [-0.05, 0) is 42.8 Å². The predicted octanol–water partition coefficient (Wildman–Crippen LogP) is 3.67. The Labute approximate surface area is 212 Å². The molecule has 0 saturated carbocycles. The summed E-state index contributed by atoms with van der Waals surface area (Å²) in [5, 5.41) is 2.55. The lowest BCUT2D eigenvalue weighted by molar-refractivity contribution is -0.134. The van der Waals surface area contributed by atoms with Crippen LogP contribution in [0.3, 0.4) is 0 Å². The van der Waals surface area contributed by atoms with E-state index in [0.29, 0.717) is 36.2 Å². The fraction of sp³-hybridized carbons (Fsp3) is 0.269. The molecule has 5 rings (SSSR count). The van der Waals surface area contributed by atoms with E-state index in [2.05, 4.69) is 30.2 Å². The summed E-state index contributed by atoms with van der Waals surface area (Å²) in [4.78, 5) is 44.0. The van der Waals surface area contributed by atoms with Crippen LogP contribution in [0.25, 0.3) is 33.4 Å². The number of hydrogen-bond acceptors (Lipinski definition) is 7. The smallest absolute Gasteiger partial charge is 0.413 e. The van der Waals surface area contributed by atoms with Crippen LogP contribution < -0.4 is 5.32 Å². The Balaban J connectivity index is 1.48. The molecule has 1 aliphatic heterocycles. The van der Waals surface area contributed by atoms with Gasteiger partial charge in [-0.3, -0.25) is 25.0 Å². The highest BCUT2D eigenvalue weighted by Gasteiger charge is 2.21. The average molecular weight is 504 g/mol. The largest absolute Gasteiger partial charge is 0.450 e. The maximum atomic E-state index is 14.7. The number of carbonyl (C=O) groups is 2. The summed E-state index contributed by atoms with van der Waals surface area (Å²) in [6, 6.07) is 10.4. The van der Waals surface area contributed by atoms with E-state index in [-0.39, 0.29) is 24.2 Å². The number of rotatable bonds is 6. The second-order valence-corrected chi connectivity index (χ2v) is 8.75. The average Bonchev–Trinajstić information content (AvgIpc) is 3.29. The number of benzene rings is 1. The number of H-pyrrole nitrogens is 1. The molecule has 11 heteroatoms. The van der Waals surface area contributed by atoms with Gasteiger partial charge in [-0.1, -0.05) is 6.07 Å². The molecule has 0 radical (unpaired) electrons. The first-order chi connectivity index (χ1) is 17.9. The molecule has 10 nitrogen and oxygen atoms in total. The van der Waals surface area contributed by atoms with Crippen molar-refractivity contribution in [3.63, 3.8) is 0 Å². The fourth-order valence-electron chi connectivity index (χ4n) is 4.23. The van der Waals surface area contributed by atoms with Crippen LogP contribution >= 0.6 is 0 Å². The van der Waals surface area contributed by atoms with Crippen LogP contribution in [0.2, 0.25) is 0 Å². The zero-order valence-corrected chi connectivity index (χ0v) is 20.5. The molecule has 0 atom stereocenters. The van der Waals surface area contributed by atoms with Crippen molar-refractivity contribution in [1.29, 1.82) is 0 Å². The molecule has 0 spiro atoms. The van der Waals surface area contributed by atoms with E-state index in [4.69, 9.17) is 4.74 Å². The minimum Gasteiger partial charge on any atom is -0.450 e. The minimum atomic E-state index is -0.644. The molecular formula is C26H26FN7O3. The Bertz CT molecular complexity index is 1450. The SMILES string of the molecule is CCOC(=O)Nc1nc2c(-c3ncccc3F)cc(-c3ccc(CN4CCN(C)C(=O)C4)nc3)cc2[nH]1. The quantitative estimate of drug-likeness (QED) is 0.412. The normalized spacial score (nSPS) is 14.2. The number of fused-ring (bicyclic) bond motifs is 1. The summed E-state index contributed by atoms with van der Waals surface area (Å²) < 4.78 is 19.7. The lowest BCUT2D eigenvalue weighted by atomic mass is 10.0. The summed E-state index contributed by atoms with van der Waals surface area (Å²) in [5.74, 6) is -0.209. The third kappa shape index (κ3) is 5.26. The van der Waals surface area contributed by atoms with Crippen molar-refractivity contribution in [2.24, 2.45) is 0 Å². The topological polar surface area (TPSA) is 116 Å². The number of halogens is 1. The summed E-state index contributed by atoms with van der Waals surface area (Å²) in [5.41, 5.74) is 4.09. The molecule has 2 amide bonds. The van der Waals surface area contributed by atoms with E-state index < -0.39 is 11.9 Å². The maximum Gasteiger partial charge on any atom is 0.413 e. The first-order valence-electron chi connectivity index (χ1n) is 11.9. The number of aromatic amines is 1. The van der Waals surface area contributed by atoms with E-state index in [9.17, 15) is 14.0 Å². The highest BCUT2D eigenvalue weighted by Crippen LogP contribution is 2.34. The van der Waals surface area contributed by atoms with Crippen LogP contribution in [0.15, 0.2) is 48.8 Å². The zero-order valence-electron chi connectivity index (χ0n) is 20.5. The number of piperazine rings is 1. The third-order valence-corrected chi connectivity index (χ3v) is 6.18. The molecule has 4 aromatic rings. The van der Waals surface area contributed by atoms with Crippen molar-refractivity contribution in [3.8, 4) is 22.4 Å². The van der Waals surface area contributed by atoms with Crippen molar-refractivity contribution in [2.75, 3.05) is 38.6 Å². The highest BCUT2D eigenvalue weighted by molar-refractivity contribution is 5.97. The summed E-state index contributed by atoms with van der Waals surface area (Å²) in [6.07, 6.45) is 2.62. The van der Waals surface area contributed by atoms with E-state index >= 15 is 0 Å². The molecule has 0 aliphatic carbocycles. The lowest BCUT2D eigenvalue weighted by Crippen LogP contribution is -2.48. The monoisotopic (exact) mass is 503 g/mol. The van der Waals surface area contributed by atoms with Gasteiger partial charge in [0.15, 0.2) is 0 Å². The third-order valence-electron chi connectivity index (χ3n) is 6.18. The van der Waals surface area contributed by atoms with Crippen LogP contribution in [0, 0.1) is 5.82 Å². The predicted molar refractivity (Wildman–Crippen MR) is 136 cm³/mol. The number of imidazole rings is 1. The zero-order chi connectivity index (χ0) is 25.9. The number of nitrogens with one attached hydrogen (secondary N) is 2. The summed E-state index contributed by atoms with van der Waals surface area (Å²) in [6.45, 7) is 4.36. The number of carbonyl (C=O) groups excluding carboxylic acids is 2. The molecule has 37 heavy (non-hydrogen) atoms. The number of aromatic nitrogens is 4. The molecule has 2 N–H and O–H groups in total. The Morgan fingerprint density at radius 3 is 2.78 bits per heavy atom. The van der Waals surface area contributed by atoms with Gasteiger partial charge in [0.1, 0.15) is 17.0 Å². The van der Waals surface area contributed by atoms with Crippen molar-refractivity contribution in [3.05, 3.63) is 60.3 Å². The molecule has 0 unspecified atom stereocenters. The Morgan fingerprint density at radius 2 is 2.05 bits per heavy atom. The standard InChI is InChI=1S/C26H26FN7O3/c1-3-37-26(36)32-25-30-21-12-17(11-19(24(21)31-25)23-20(27)5-4-8-28-23)16-6-7-18(29-13-16)14-34-10-9-33(2)22(35)15-34/h4-8,11-13H,3,9-10,14-15H2,1-2H3,(H2,30,31,32,36). The Hall–Kier alpha value is -4.38.